The molecule has 0 unspecified atom stereocenters. The minimum absolute atomic E-state index is 0.00304. The second kappa shape index (κ2) is 8.62. The molecule has 0 aliphatic rings. The zero-order valence-corrected chi connectivity index (χ0v) is 14.3. The molecule has 0 aliphatic carbocycles. The molecule has 0 aromatic heterocycles. The van der Waals surface area contributed by atoms with Crippen LogP contribution in [0.4, 0.5) is 0 Å². The standard InChI is InChI=1S/C14H30N2O3S/c1-6-8-12(9-7-2)13(17)15-10-11-20(18,19)16-14(3,4)5/h12,16H,6-11H2,1-5H3,(H,15,17). The Bertz CT molecular complexity index is 380. The van der Waals surface area contributed by atoms with E-state index in [9.17, 15) is 13.2 Å². The SMILES string of the molecule is CCCC(CCC)C(=O)NCCS(=O)(=O)NC(C)(C)C. The van der Waals surface area contributed by atoms with Crippen LogP contribution >= 0.6 is 0 Å². The Morgan fingerprint density at radius 1 is 1.10 bits per heavy atom. The highest BCUT2D eigenvalue weighted by atomic mass is 32.2. The van der Waals surface area contributed by atoms with Crippen molar-refractivity contribution in [3.05, 3.63) is 0 Å². The summed E-state index contributed by atoms with van der Waals surface area (Å²) in [5, 5.41) is 2.74. The summed E-state index contributed by atoms with van der Waals surface area (Å²) in [6, 6.07) is 0. The van der Waals surface area contributed by atoms with Crippen molar-refractivity contribution in [3.63, 3.8) is 0 Å². The van der Waals surface area contributed by atoms with E-state index < -0.39 is 15.6 Å². The number of hydrogen-bond donors (Lipinski definition) is 2. The topological polar surface area (TPSA) is 75.3 Å². The lowest BCUT2D eigenvalue weighted by molar-refractivity contribution is -0.125. The van der Waals surface area contributed by atoms with Crippen molar-refractivity contribution in [3.8, 4) is 0 Å². The first-order valence-electron chi connectivity index (χ1n) is 7.40. The molecule has 0 aliphatic heterocycles. The van der Waals surface area contributed by atoms with Gasteiger partial charge in [-0.15, -0.1) is 0 Å². The molecule has 0 saturated heterocycles. The van der Waals surface area contributed by atoms with Crippen molar-refractivity contribution < 1.29 is 13.2 Å². The van der Waals surface area contributed by atoms with Gasteiger partial charge in [-0.3, -0.25) is 4.79 Å². The first kappa shape index (κ1) is 19.4. The molecule has 0 aromatic carbocycles. The summed E-state index contributed by atoms with van der Waals surface area (Å²) in [6.45, 7) is 9.64. The summed E-state index contributed by atoms with van der Waals surface area (Å²) in [7, 11) is -3.35. The van der Waals surface area contributed by atoms with E-state index in [2.05, 4.69) is 10.0 Å². The Morgan fingerprint density at radius 2 is 1.60 bits per heavy atom. The molecule has 0 spiro atoms. The number of carbonyl (C=O) groups is 1. The van der Waals surface area contributed by atoms with E-state index in [1.165, 1.54) is 0 Å². The predicted molar refractivity (Wildman–Crippen MR) is 83.0 cm³/mol. The van der Waals surface area contributed by atoms with Gasteiger partial charge in [0.05, 0.1) is 5.75 Å². The summed E-state index contributed by atoms with van der Waals surface area (Å²) in [4.78, 5) is 12.0. The Hall–Kier alpha value is -0.620. The molecule has 2 N–H and O–H groups in total. The Kier molecular flexibility index (Phi) is 8.35. The third-order valence-electron chi connectivity index (χ3n) is 2.78. The van der Waals surface area contributed by atoms with Crippen molar-refractivity contribution in [2.24, 2.45) is 5.92 Å². The van der Waals surface area contributed by atoms with Gasteiger partial charge in [-0.05, 0) is 33.6 Å². The van der Waals surface area contributed by atoms with Gasteiger partial charge >= 0.3 is 0 Å². The Morgan fingerprint density at radius 3 is 2.00 bits per heavy atom. The largest absolute Gasteiger partial charge is 0.355 e. The molecule has 0 saturated carbocycles. The highest BCUT2D eigenvalue weighted by Crippen LogP contribution is 2.13. The minimum Gasteiger partial charge on any atom is -0.355 e. The summed E-state index contributed by atoms with van der Waals surface area (Å²) < 4.78 is 26.1. The first-order valence-corrected chi connectivity index (χ1v) is 9.06. The van der Waals surface area contributed by atoms with Gasteiger partial charge in [0.25, 0.3) is 0 Å². The highest BCUT2D eigenvalue weighted by molar-refractivity contribution is 7.89. The molecule has 20 heavy (non-hydrogen) atoms. The maximum absolute atomic E-state index is 12.0. The summed E-state index contributed by atoms with van der Waals surface area (Å²) >= 11 is 0. The number of nitrogens with one attached hydrogen (secondary N) is 2. The van der Waals surface area contributed by atoms with Crippen LogP contribution < -0.4 is 10.0 Å². The second-order valence-electron chi connectivity index (χ2n) is 6.24. The molecule has 0 rings (SSSR count). The van der Waals surface area contributed by atoms with Gasteiger partial charge in [-0.1, -0.05) is 26.7 Å². The monoisotopic (exact) mass is 306 g/mol. The van der Waals surface area contributed by atoms with E-state index in [-0.39, 0.29) is 24.1 Å². The molecule has 0 heterocycles. The third kappa shape index (κ3) is 9.31. The number of amides is 1. The molecule has 1 amide bonds. The maximum atomic E-state index is 12.0. The molecule has 0 radical (unpaired) electrons. The number of rotatable bonds is 9. The molecule has 5 nitrogen and oxygen atoms in total. The fourth-order valence-electron chi connectivity index (χ4n) is 2.07. The summed E-state index contributed by atoms with van der Waals surface area (Å²) in [5.74, 6) is -0.107. The number of sulfonamides is 1. The van der Waals surface area contributed by atoms with Crippen LogP contribution in [0.15, 0.2) is 0 Å². The van der Waals surface area contributed by atoms with Crippen molar-refractivity contribution in [2.45, 2.75) is 65.8 Å². The van der Waals surface area contributed by atoms with Crippen LogP contribution in [-0.2, 0) is 14.8 Å². The lowest BCUT2D eigenvalue weighted by Crippen LogP contribution is -2.44. The van der Waals surface area contributed by atoms with Crippen molar-refractivity contribution in [1.82, 2.24) is 10.0 Å². The molecule has 120 valence electrons. The van der Waals surface area contributed by atoms with E-state index in [0.29, 0.717) is 0 Å². The van der Waals surface area contributed by atoms with Crippen LogP contribution in [0.25, 0.3) is 0 Å². The average molecular weight is 306 g/mol. The zero-order chi connectivity index (χ0) is 15.8. The van der Waals surface area contributed by atoms with E-state index in [0.717, 1.165) is 25.7 Å². The Labute approximate surface area is 124 Å². The van der Waals surface area contributed by atoms with Crippen LogP contribution in [0.5, 0.6) is 0 Å². The van der Waals surface area contributed by atoms with Gasteiger partial charge < -0.3 is 5.32 Å². The van der Waals surface area contributed by atoms with Crippen molar-refractivity contribution in [1.29, 1.82) is 0 Å². The Balaban J connectivity index is 4.25. The van der Waals surface area contributed by atoms with E-state index in [1.807, 2.05) is 13.8 Å². The van der Waals surface area contributed by atoms with Crippen LogP contribution in [0.3, 0.4) is 0 Å². The van der Waals surface area contributed by atoms with Gasteiger partial charge in [0.15, 0.2) is 0 Å². The summed E-state index contributed by atoms with van der Waals surface area (Å²) in [5.41, 5.74) is -0.490. The fraction of sp³-hybridized carbons (Fsp3) is 0.929. The van der Waals surface area contributed by atoms with Gasteiger partial charge in [-0.25, -0.2) is 13.1 Å². The zero-order valence-electron chi connectivity index (χ0n) is 13.5. The quantitative estimate of drug-likeness (QED) is 0.684. The molecule has 0 bridgehead atoms. The number of hydrogen-bond acceptors (Lipinski definition) is 3. The van der Waals surface area contributed by atoms with Crippen molar-refractivity contribution >= 4 is 15.9 Å². The molecule has 0 fully saturated rings. The van der Waals surface area contributed by atoms with Crippen LogP contribution in [0.1, 0.15) is 60.3 Å². The van der Waals surface area contributed by atoms with Gasteiger partial charge in [0, 0.05) is 18.0 Å². The molecule has 6 heteroatoms. The number of carbonyl (C=O) groups excluding carboxylic acids is 1. The third-order valence-corrected chi connectivity index (χ3v) is 4.44. The summed E-state index contributed by atoms with van der Waals surface area (Å²) in [6.07, 6.45) is 3.63. The van der Waals surface area contributed by atoms with E-state index in [1.54, 1.807) is 20.8 Å². The van der Waals surface area contributed by atoms with Crippen LogP contribution in [0, 0.1) is 5.92 Å². The highest BCUT2D eigenvalue weighted by Gasteiger charge is 2.21. The lowest BCUT2D eigenvalue weighted by Gasteiger charge is -2.20. The van der Waals surface area contributed by atoms with Gasteiger partial charge in [-0.2, -0.15) is 0 Å². The van der Waals surface area contributed by atoms with Gasteiger partial charge in [0.1, 0.15) is 0 Å². The van der Waals surface area contributed by atoms with Crippen LogP contribution in [-0.4, -0.2) is 32.2 Å². The minimum atomic E-state index is -3.35. The van der Waals surface area contributed by atoms with E-state index >= 15 is 0 Å². The molecular formula is C14H30N2O3S. The average Bonchev–Trinajstić information content (AvgIpc) is 2.24. The normalized spacial score (nSPS) is 12.7. The molecule has 0 atom stereocenters. The second-order valence-corrected chi connectivity index (χ2v) is 8.08. The lowest BCUT2D eigenvalue weighted by atomic mass is 9.97. The molecular weight excluding hydrogens is 276 g/mol. The first-order chi connectivity index (χ1) is 9.11. The maximum Gasteiger partial charge on any atom is 0.223 e. The smallest absolute Gasteiger partial charge is 0.223 e. The van der Waals surface area contributed by atoms with Crippen molar-refractivity contribution in [2.75, 3.05) is 12.3 Å². The van der Waals surface area contributed by atoms with Crippen LogP contribution in [0.2, 0.25) is 0 Å². The predicted octanol–water partition coefficient (Wildman–Crippen LogP) is 2.04. The van der Waals surface area contributed by atoms with E-state index in [4.69, 9.17) is 0 Å². The fourth-order valence-corrected chi connectivity index (χ4v) is 3.48. The van der Waals surface area contributed by atoms with Gasteiger partial charge in [0.2, 0.25) is 15.9 Å². The molecule has 0 aromatic rings.